The van der Waals surface area contributed by atoms with Crippen molar-refractivity contribution < 1.29 is 18.3 Å². The summed E-state index contributed by atoms with van der Waals surface area (Å²) in [5.41, 5.74) is 3.02. The molecule has 26 heavy (non-hydrogen) atoms. The summed E-state index contributed by atoms with van der Waals surface area (Å²) >= 11 is 0. The Balaban J connectivity index is 2.08. The molecule has 0 unspecified atom stereocenters. The molecule has 0 saturated carbocycles. The Morgan fingerprint density at radius 3 is 2.15 bits per heavy atom. The molecule has 0 saturated heterocycles. The summed E-state index contributed by atoms with van der Waals surface area (Å²) in [6, 6.07) is 12.7. The van der Waals surface area contributed by atoms with Gasteiger partial charge < -0.3 is 14.0 Å². The summed E-state index contributed by atoms with van der Waals surface area (Å²) in [5, 5.41) is 9.87. The van der Waals surface area contributed by atoms with E-state index in [2.05, 4.69) is 0 Å². The van der Waals surface area contributed by atoms with Crippen LogP contribution in [0.2, 0.25) is 6.04 Å². The van der Waals surface area contributed by atoms with Gasteiger partial charge in [-0.05, 0) is 87.5 Å². The van der Waals surface area contributed by atoms with Crippen molar-refractivity contribution in [1.29, 1.82) is 0 Å². The third-order valence-electron chi connectivity index (χ3n) is 3.81. The molecule has 0 spiro atoms. The van der Waals surface area contributed by atoms with Crippen LogP contribution in [0.15, 0.2) is 42.5 Å². The van der Waals surface area contributed by atoms with E-state index >= 15 is 0 Å². The first kappa shape index (κ1) is 20.6. The van der Waals surface area contributed by atoms with E-state index in [1.54, 1.807) is 24.3 Å². The quantitative estimate of drug-likeness (QED) is 0.591. The number of hydrogen-bond acceptors (Lipinski definition) is 3. The number of hydrogen-bond donors (Lipinski definition) is 1. The van der Waals surface area contributed by atoms with Gasteiger partial charge >= 0.3 is 9.28 Å². The highest BCUT2D eigenvalue weighted by Crippen LogP contribution is 2.28. The number of aromatic hydroxyl groups is 1. The minimum absolute atomic E-state index is 0.151. The minimum atomic E-state index is -1.32. The number of aryl methyl sites for hydroxylation is 1. The summed E-state index contributed by atoms with van der Waals surface area (Å²) in [6.07, 6.45) is 2.01. The van der Waals surface area contributed by atoms with Crippen LogP contribution in [0.5, 0.6) is 5.75 Å². The molecular weight excluding hydrogens is 347 g/mol. The monoisotopic (exact) mass is 375 g/mol. The summed E-state index contributed by atoms with van der Waals surface area (Å²) < 4.78 is 25.1. The van der Waals surface area contributed by atoms with Crippen molar-refractivity contribution in [3.8, 4) is 16.9 Å². The second-order valence-corrected chi connectivity index (χ2v) is 8.62. The Kier molecular flexibility index (Phi) is 7.81. The van der Waals surface area contributed by atoms with Crippen LogP contribution in [-0.2, 0) is 15.3 Å². The fourth-order valence-electron chi connectivity index (χ4n) is 2.79. The highest BCUT2D eigenvalue weighted by molar-refractivity contribution is 6.44. The number of phenolic OH excluding ortho intramolecular Hbond substituents is 1. The van der Waals surface area contributed by atoms with Gasteiger partial charge in [0, 0.05) is 12.2 Å². The van der Waals surface area contributed by atoms with Gasteiger partial charge in [-0.2, -0.15) is 0 Å². The zero-order valence-electron chi connectivity index (χ0n) is 16.0. The largest absolute Gasteiger partial charge is 0.508 e. The van der Waals surface area contributed by atoms with Crippen LogP contribution in [0.1, 0.15) is 39.7 Å². The molecule has 5 heteroatoms. The fraction of sp³-hybridized carbons (Fsp3) is 0.429. The predicted octanol–water partition coefficient (Wildman–Crippen LogP) is 5.47. The lowest BCUT2D eigenvalue weighted by molar-refractivity contribution is 0.129. The molecule has 0 aromatic heterocycles. The van der Waals surface area contributed by atoms with E-state index in [4.69, 9.17) is 8.85 Å². The molecule has 1 N–H and O–H groups in total. The summed E-state index contributed by atoms with van der Waals surface area (Å²) in [7, 11) is -1.32. The predicted molar refractivity (Wildman–Crippen MR) is 105 cm³/mol. The molecule has 0 aliphatic heterocycles. The second kappa shape index (κ2) is 9.85. The van der Waals surface area contributed by atoms with Crippen LogP contribution in [0.4, 0.5) is 4.39 Å². The van der Waals surface area contributed by atoms with Gasteiger partial charge in [0.05, 0.1) is 0 Å². The van der Waals surface area contributed by atoms with Gasteiger partial charge in [0.2, 0.25) is 0 Å². The SMILES string of the molecule is CC(C)O[Si](CCCc1cc(O)ccc1-c1ccc(F)cc1)OC(C)C. The van der Waals surface area contributed by atoms with Crippen molar-refractivity contribution in [2.45, 2.75) is 58.8 Å². The average molecular weight is 376 g/mol. The Hall–Kier alpha value is -1.69. The fourth-order valence-corrected chi connectivity index (χ4v) is 4.60. The molecule has 141 valence electrons. The van der Waals surface area contributed by atoms with Crippen molar-refractivity contribution in [2.75, 3.05) is 0 Å². The van der Waals surface area contributed by atoms with E-state index in [0.29, 0.717) is 0 Å². The van der Waals surface area contributed by atoms with Crippen molar-refractivity contribution in [3.63, 3.8) is 0 Å². The number of phenols is 1. The zero-order valence-corrected chi connectivity index (χ0v) is 17.0. The van der Waals surface area contributed by atoms with Crippen LogP contribution in [0.3, 0.4) is 0 Å². The molecule has 1 radical (unpaired) electrons. The number of benzene rings is 2. The molecule has 0 heterocycles. The highest BCUT2D eigenvalue weighted by atomic mass is 28.3. The van der Waals surface area contributed by atoms with E-state index < -0.39 is 9.28 Å². The molecule has 2 rings (SSSR count). The maximum atomic E-state index is 13.2. The third kappa shape index (κ3) is 6.55. The van der Waals surface area contributed by atoms with Gasteiger partial charge in [0.15, 0.2) is 0 Å². The van der Waals surface area contributed by atoms with Gasteiger partial charge in [-0.25, -0.2) is 4.39 Å². The molecular formula is C21H28FO3Si. The molecule has 0 aliphatic rings. The van der Waals surface area contributed by atoms with Crippen molar-refractivity contribution in [3.05, 3.63) is 53.8 Å². The first-order valence-electron chi connectivity index (χ1n) is 9.12. The van der Waals surface area contributed by atoms with Gasteiger partial charge in [0.25, 0.3) is 0 Å². The maximum Gasteiger partial charge on any atom is 0.385 e. The summed E-state index contributed by atoms with van der Waals surface area (Å²) in [6.45, 7) is 8.10. The molecule has 0 atom stereocenters. The maximum absolute atomic E-state index is 13.2. The summed E-state index contributed by atoms with van der Waals surface area (Å²) in [5.74, 6) is -0.00811. The Bertz CT molecular complexity index is 676. The molecule has 2 aromatic rings. The van der Waals surface area contributed by atoms with Crippen LogP contribution in [-0.4, -0.2) is 26.6 Å². The smallest absolute Gasteiger partial charge is 0.385 e. The topological polar surface area (TPSA) is 38.7 Å². The third-order valence-corrected chi connectivity index (χ3v) is 6.04. The van der Waals surface area contributed by atoms with Gasteiger partial charge in [-0.15, -0.1) is 0 Å². The van der Waals surface area contributed by atoms with Crippen molar-refractivity contribution in [2.24, 2.45) is 0 Å². The van der Waals surface area contributed by atoms with Gasteiger partial charge in [-0.3, -0.25) is 0 Å². The molecule has 2 aromatic carbocycles. The van der Waals surface area contributed by atoms with Crippen LogP contribution < -0.4 is 0 Å². The summed E-state index contributed by atoms with van der Waals surface area (Å²) in [4.78, 5) is 0. The molecule has 3 nitrogen and oxygen atoms in total. The molecule has 0 aliphatic carbocycles. The Morgan fingerprint density at radius 2 is 1.58 bits per heavy atom. The van der Waals surface area contributed by atoms with E-state index in [9.17, 15) is 9.50 Å². The molecule has 0 bridgehead atoms. The number of rotatable bonds is 9. The lowest BCUT2D eigenvalue weighted by Gasteiger charge is -2.20. The van der Waals surface area contributed by atoms with Crippen molar-refractivity contribution in [1.82, 2.24) is 0 Å². The van der Waals surface area contributed by atoms with E-state index in [1.807, 2.05) is 33.8 Å². The lowest BCUT2D eigenvalue weighted by atomic mass is 9.96. The second-order valence-electron chi connectivity index (χ2n) is 6.91. The Labute approximate surface area is 157 Å². The van der Waals surface area contributed by atoms with E-state index in [1.165, 1.54) is 12.1 Å². The molecule has 0 amide bonds. The van der Waals surface area contributed by atoms with Crippen LogP contribution >= 0.6 is 0 Å². The highest BCUT2D eigenvalue weighted by Gasteiger charge is 2.19. The lowest BCUT2D eigenvalue weighted by Crippen LogP contribution is -2.29. The zero-order chi connectivity index (χ0) is 19.1. The van der Waals surface area contributed by atoms with Gasteiger partial charge in [-0.1, -0.05) is 18.2 Å². The first-order chi connectivity index (χ1) is 12.3. The standard InChI is InChI=1S/C21H28FO3Si/c1-15(2)24-26(25-16(3)4)13-5-6-18-14-20(23)11-12-21(18)17-7-9-19(22)10-8-17/h7-12,14-16,23H,5-6,13H2,1-4H3. The first-order valence-corrected chi connectivity index (χ1v) is 10.6. The number of halogens is 1. The average Bonchev–Trinajstić information content (AvgIpc) is 2.55. The van der Waals surface area contributed by atoms with E-state index in [0.717, 1.165) is 35.6 Å². The Morgan fingerprint density at radius 1 is 0.962 bits per heavy atom. The van der Waals surface area contributed by atoms with Gasteiger partial charge in [0.1, 0.15) is 11.6 Å². The van der Waals surface area contributed by atoms with Crippen LogP contribution in [0, 0.1) is 5.82 Å². The van der Waals surface area contributed by atoms with Crippen molar-refractivity contribution >= 4 is 9.28 Å². The minimum Gasteiger partial charge on any atom is -0.508 e. The normalized spacial score (nSPS) is 11.7. The van der Waals surface area contributed by atoms with E-state index in [-0.39, 0.29) is 23.8 Å². The molecule has 0 fully saturated rings. The van der Waals surface area contributed by atoms with Crippen LogP contribution in [0.25, 0.3) is 11.1 Å².